The Balaban J connectivity index is 3.01. The molecule has 0 amide bonds. The molecule has 0 spiro atoms. The lowest BCUT2D eigenvalue weighted by molar-refractivity contribution is 0.245. The fraction of sp³-hybridized carbons (Fsp3) is 0.625. The first-order valence-electron chi connectivity index (χ1n) is 6.76. The monoisotopic (exact) mass is 318 g/mol. The summed E-state index contributed by atoms with van der Waals surface area (Å²) in [6, 6.07) is 3.63. The fourth-order valence-electron chi connectivity index (χ4n) is 1.90. The first-order chi connectivity index (χ1) is 9.20. The van der Waals surface area contributed by atoms with Crippen LogP contribution in [0.1, 0.15) is 45.1 Å². The highest BCUT2D eigenvalue weighted by Gasteiger charge is 2.25. The van der Waals surface area contributed by atoms with Crippen LogP contribution in [-0.4, -0.2) is 14.2 Å². The minimum Gasteiger partial charge on any atom is -0.493 e. The van der Waals surface area contributed by atoms with Crippen LogP contribution in [-0.2, 0) is 0 Å². The number of ether oxygens (including phenoxy) is 2. The topological polar surface area (TPSA) is 18.5 Å². The Bertz CT molecular complexity index is 453. The van der Waals surface area contributed by atoms with E-state index in [4.69, 9.17) is 32.7 Å². The van der Waals surface area contributed by atoms with Gasteiger partial charge in [0, 0.05) is 11.1 Å². The van der Waals surface area contributed by atoms with Crippen LogP contribution >= 0.6 is 23.2 Å². The molecule has 2 unspecified atom stereocenters. The molecule has 0 aromatic heterocycles. The van der Waals surface area contributed by atoms with Crippen LogP contribution in [0.4, 0.5) is 0 Å². The lowest BCUT2D eigenvalue weighted by Crippen LogP contribution is -2.18. The summed E-state index contributed by atoms with van der Waals surface area (Å²) in [6.07, 6.45) is 0.861. The van der Waals surface area contributed by atoms with Gasteiger partial charge in [0.25, 0.3) is 0 Å². The number of alkyl halides is 1. The zero-order valence-electron chi connectivity index (χ0n) is 13.1. The highest BCUT2D eigenvalue weighted by Crippen LogP contribution is 2.42. The van der Waals surface area contributed by atoms with Gasteiger partial charge < -0.3 is 9.47 Å². The Morgan fingerprint density at radius 3 is 2.05 bits per heavy atom. The van der Waals surface area contributed by atoms with E-state index in [1.807, 2.05) is 6.07 Å². The van der Waals surface area contributed by atoms with Crippen molar-refractivity contribution in [2.75, 3.05) is 14.2 Å². The highest BCUT2D eigenvalue weighted by molar-refractivity contribution is 6.33. The molecule has 0 aliphatic rings. The van der Waals surface area contributed by atoms with E-state index in [0.29, 0.717) is 22.4 Å². The zero-order valence-corrected chi connectivity index (χ0v) is 14.6. The van der Waals surface area contributed by atoms with Gasteiger partial charge in [0.1, 0.15) is 0 Å². The van der Waals surface area contributed by atoms with Crippen LogP contribution in [0, 0.1) is 11.3 Å². The Morgan fingerprint density at radius 1 is 1.10 bits per heavy atom. The molecule has 1 rings (SSSR count). The van der Waals surface area contributed by atoms with E-state index in [1.54, 1.807) is 20.3 Å². The van der Waals surface area contributed by atoms with Crippen molar-refractivity contribution in [2.24, 2.45) is 11.3 Å². The van der Waals surface area contributed by atoms with Crippen molar-refractivity contribution in [3.05, 3.63) is 22.7 Å². The van der Waals surface area contributed by atoms with Gasteiger partial charge in [0.05, 0.1) is 19.6 Å². The maximum atomic E-state index is 6.56. The van der Waals surface area contributed by atoms with Crippen LogP contribution in [0.25, 0.3) is 0 Å². The molecule has 0 heterocycles. The Labute approximate surface area is 132 Å². The summed E-state index contributed by atoms with van der Waals surface area (Å²) in [5.74, 6) is 1.75. The van der Waals surface area contributed by atoms with Gasteiger partial charge in [0.2, 0.25) is 0 Å². The van der Waals surface area contributed by atoms with Gasteiger partial charge in [-0.2, -0.15) is 0 Å². The van der Waals surface area contributed by atoms with Crippen molar-refractivity contribution in [3.63, 3.8) is 0 Å². The number of hydrogen-bond acceptors (Lipinski definition) is 2. The molecule has 2 nitrogen and oxygen atoms in total. The molecule has 0 bridgehead atoms. The molecule has 0 N–H and O–H groups in total. The zero-order chi connectivity index (χ0) is 15.5. The van der Waals surface area contributed by atoms with Gasteiger partial charge in [-0.25, -0.2) is 0 Å². The molecule has 1 aromatic carbocycles. The molecule has 0 fully saturated rings. The summed E-state index contributed by atoms with van der Waals surface area (Å²) >= 11 is 12.9. The van der Waals surface area contributed by atoms with Crippen molar-refractivity contribution < 1.29 is 9.47 Å². The van der Waals surface area contributed by atoms with Crippen LogP contribution < -0.4 is 9.47 Å². The fourth-order valence-corrected chi connectivity index (χ4v) is 2.69. The molecule has 2 atom stereocenters. The summed E-state index contributed by atoms with van der Waals surface area (Å²) in [6.45, 7) is 8.87. The molecular weight excluding hydrogens is 295 g/mol. The van der Waals surface area contributed by atoms with E-state index < -0.39 is 0 Å². The molecule has 0 aliphatic carbocycles. The normalized spacial score (nSPS) is 14.8. The second kappa shape index (κ2) is 6.91. The van der Waals surface area contributed by atoms with Crippen LogP contribution in [0.2, 0.25) is 5.02 Å². The van der Waals surface area contributed by atoms with Gasteiger partial charge in [-0.3, -0.25) is 0 Å². The third-order valence-electron chi connectivity index (χ3n) is 3.88. The molecular formula is C16H24Cl2O2. The summed E-state index contributed by atoms with van der Waals surface area (Å²) in [5.41, 5.74) is 1.11. The van der Waals surface area contributed by atoms with Gasteiger partial charge in [-0.1, -0.05) is 39.3 Å². The first-order valence-corrected chi connectivity index (χ1v) is 7.57. The molecule has 1 aromatic rings. The maximum absolute atomic E-state index is 6.56. The molecule has 0 radical (unpaired) electrons. The van der Waals surface area contributed by atoms with Gasteiger partial charge in [-0.05, 0) is 29.4 Å². The lowest BCUT2D eigenvalue weighted by Gasteiger charge is -2.29. The summed E-state index contributed by atoms with van der Waals surface area (Å²) < 4.78 is 10.5. The SMILES string of the molecule is COc1cc(Cl)c(C(Cl)CC(C)C(C)(C)C)cc1OC. The van der Waals surface area contributed by atoms with Crippen LogP contribution in [0.3, 0.4) is 0 Å². The van der Waals surface area contributed by atoms with Crippen molar-refractivity contribution in [1.29, 1.82) is 0 Å². The number of benzene rings is 1. The van der Waals surface area contributed by atoms with E-state index in [9.17, 15) is 0 Å². The van der Waals surface area contributed by atoms with E-state index in [-0.39, 0.29) is 10.8 Å². The Hall–Kier alpha value is -0.600. The Kier molecular flexibility index (Phi) is 6.03. The van der Waals surface area contributed by atoms with E-state index in [2.05, 4.69) is 27.7 Å². The Morgan fingerprint density at radius 2 is 1.60 bits per heavy atom. The van der Waals surface area contributed by atoms with E-state index in [1.165, 1.54) is 0 Å². The molecule has 0 saturated carbocycles. The average Bonchev–Trinajstić information content (AvgIpc) is 2.36. The van der Waals surface area contributed by atoms with Gasteiger partial charge >= 0.3 is 0 Å². The van der Waals surface area contributed by atoms with Crippen molar-refractivity contribution in [1.82, 2.24) is 0 Å². The maximum Gasteiger partial charge on any atom is 0.162 e. The minimum absolute atomic E-state index is 0.142. The average molecular weight is 319 g/mol. The molecule has 0 aliphatic heterocycles. The minimum atomic E-state index is -0.142. The predicted molar refractivity (Wildman–Crippen MR) is 86.4 cm³/mol. The number of halogens is 2. The van der Waals surface area contributed by atoms with Gasteiger partial charge in [-0.15, -0.1) is 11.6 Å². The predicted octanol–water partition coefficient (Wildman–Crippen LogP) is 5.71. The third-order valence-corrected chi connectivity index (χ3v) is 4.62. The number of hydrogen-bond donors (Lipinski definition) is 0. The van der Waals surface area contributed by atoms with E-state index >= 15 is 0 Å². The second-order valence-corrected chi connectivity index (χ2v) is 7.13. The molecule has 0 saturated heterocycles. The number of methoxy groups -OCH3 is 2. The van der Waals surface area contributed by atoms with Crippen molar-refractivity contribution in [2.45, 2.75) is 39.5 Å². The second-order valence-electron chi connectivity index (χ2n) is 6.20. The molecule has 114 valence electrons. The van der Waals surface area contributed by atoms with Gasteiger partial charge in [0.15, 0.2) is 11.5 Å². The summed E-state index contributed by atoms with van der Waals surface area (Å²) in [4.78, 5) is 0. The highest BCUT2D eigenvalue weighted by atomic mass is 35.5. The van der Waals surface area contributed by atoms with E-state index in [0.717, 1.165) is 12.0 Å². The smallest absolute Gasteiger partial charge is 0.162 e. The lowest BCUT2D eigenvalue weighted by atomic mass is 9.79. The van der Waals surface area contributed by atoms with Crippen LogP contribution in [0.15, 0.2) is 12.1 Å². The first kappa shape index (κ1) is 17.5. The standard InChI is InChI=1S/C16H24Cl2O2/c1-10(16(2,3)4)7-12(17)11-8-14(19-5)15(20-6)9-13(11)18/h8-10,12H,7H2,1-6H3. The van der Waals surface area contributed by atoms with Crippen molar-refractivity contribution in [3.8, 4) is 11.5 Å². The quantitative estimate of drug-likeness (QED) is 0.647. The molecule has 4 heteroatoms. The summed E-state index contributed by atoms with van der Waals surface area (Å²) in [7, 11) is 3.20. The number of rotatable bonds is 5. The largest absolute Gasteiger partial charge is 0.493 e. The van der Waals surface area contributed by atoms with Crippen molar-refractivity contribution >= 4 is 23.2 Å². The van der Waals surface area contributed by atoms with Crippen LogP contribution in [0.5, 0.6) is 11.5 Å². The third kappa shape index (κ3) is 4.20. The molecule has 20 heavy (non-hydrogen) atoms. The summed E-state index contributed by atoms with van der Waals surface area (Å²) in [5, 5.41) is 0.472.